The molecule has 1 N–H and O–H groups in total. The predicted octanol–water partition coefficient (Wildman–Crippen LogP) is 4.39. The van der Waals surface area contributed by atoms with E-state index in [-0.39, 0.29) is 5.91 Å². The van der Waals surface area contributed by atoms with E-state index < -0.39 is 0 Å². The number of ether oxygens (including phenoxy) is 2. The van der Waals surface area contributed by atoms with Crippen molar-refractivity contribution in [3.8, 4) is 11.5 Å². The van der Waals surface area contributed by atoms with Crippen molar-refractivity contribution in [2.75, 3.05) is 19.5 Å². The first-order valence-electron chi connectivity index (χ1n) is 7.60. The van der Waals surface area contributed by atoms with Crippen LogP contribution in [0.1, 0.15) is 41.3 Å². The molecule has 4 heteroatoms. The van der Waals surface area contributed by atoms with Crippen molar-refractivity contribution in [1.29, 1.82) is 0 Å². The Morgan fingerprint density at radius 1 is 1.09 bits per heavy atom. The lowest BCUT2D eigenvalue weighted by molar-refractivity contribution is 0.102. The summed E-state index contributed by atoms with van der Waals surface area (Å²) in [4.78, 5) is 12.5. The second-order valence-corrected chi connectivity index (χ2v) is 5.75. The van der Waals surface area contributed by atoms with E-state index in [1.807, 2.05) is 25.1 Å². The molecule has 0 radical (unpaired) electrons. The molecule has 4 nitrogen and oxygen atoms in total. The van der Waals surface area contributed by atoms with Crippen molar-refractivity contribution in [2.24, 2.45) is 0 Å². The number of methoxy groups -OCH3 is 2. The van der Waals surface area contributed by atoms with E-state index in [4.69, 9.17) is 9.47 Å². The summed E-state index contributed by atoms with van der Waals surface area (Å²) < 4.78 is 10.6. The average molecular weight is 313 g/mol. The molecule has 0 unspecified atom stereocenters. The van der Waals surface area contributed by atoms with Gasteiger partial charge in [0.2, 0.25) is 0 Å². The molecule has 0 spiro atoms. The molecule has 23 heavy (non-hydrogen) atoms. The third kappa shape index (κ3) is 3.83. The number of aryl methyl sites for hydroxylation is 1. The van der Waals surface area contributed by atoms with Crippen LogP contribution in [0, 0.1) is 6.92 Å². The van der Waals surface area contributed by atoms with Gasteiger partial charge in [0.1, 0.15) is 11.5 Å². The number of benzene rings is 2. The van der Waals surface area contributed by atoms with Gasteiger partial charge in [0.25, 0.3) is 5.91 Å². The highest BCUT2D eigenvalue weighted by molar-refractivity contribution is 6.05. The van der Waals surface area contributed by atoms with E-state index in [9.17, 15) is 4.79 Å². The molecule has 122 valence electrons. The van der Waals surface area contributed by atoms with Crippen LogP contribution in [0.3, 0.4) is 0 Å². The summed E-state index contributed by atoms with van der Waals surface area (Å²) in [5, 5.41) is 2.97. The monoisotopic (exact) mass is 313 g/mol. The Morgan fingerprint density at radius 3 is 2.43 bits per heavy atom. The van der Waals surface area contributed by atoms with Gasteiger partial charge in [-0.25, -0.2) is 0 Å². The second-order valence-electron chi connectivity index (χ2n) is 5.75. The van der Waals surface area contributed by atoms with Crippen LogP contribution in [0.2, 0.25) is 0 Å². The van der Waals surface area contributed by atoms with Crippen LogP contribution >= 0.6 is 0 Å². The maximum Gasteiger partial charge on any atom is 0.255 e. The zero-order chi connectivity index (χ0) is 17.0. The van der Waals surface area contributed by atoms with Crippen LogP contribution in [0.5, 0.6) is 11.5 Å². The Morgan fingerprint density at radius 2 is 1.83 bits per heavy atom. The largest absolute Gasteiger partial charge is 0.497 e. The van der Waals surface area contributed by atoms with Crippen molar-refractivity contribution >= 4 is 11.6 Å². The van der Waals surface area contributed by atoms with Crippen molar-refractivity contribution in [3.05, 3.63) is 53.1 Å². The minimum atomic E-state index is -0.160. The summed E-state index contributed by atoms with van der Waals surface area (Å²) in [6.07, 6.45) is 0. The van der Waals surface area contributed by atoms with Gasteiger partial charge in [0, 0.05) is 11.3 Å². The van der Waals surface area contributed by atoms with Gasteiger partial charge in [-0.15, -0.1) is 0 Å². The second kappa shape index (κ2) is 7.18. The molecular weight excluding hydrogens is 290 g/mol. The smallest absolute Gasteiger partial charge is 0.255 e. The summed E-state index contributed by atoms with van der Waals surface area (Å²) in [6, 6.07) is 11.0. The molecule has 0 aliphatic heterocycles. The highest BCUT2D eigenvalue weighted by Gasteiger charge is 2.14. The predicted molar refractivity (Wildman–Crippen MR) is 92.8 cm³/mol. The summed E-state index contributed by atoms with van der Waals surface area (Å²) >= 11 is 0. The molecule has 2 aromatic rings. The van der Waals surface area contributed by atoms with Crippen molar-refractivity contribution in [3.63, 3.8) is 0 Å². The fraction of sp³-hybridized carbons (Fsp3) is 0.316. The van der Waals surface area contributed by atoms with E-state index in [0.29, 0.717) is 17.2 Å². The quantitative estimate of drug-likeness (QED) is 0.890. The average Bonchev–Trinajstić information content (AvgIpc) is 2.55. The van der Waals surface area contributed by atoms with E-state index in [1.54, 1.807) is 32.4 Å². The SMILES string of the molecule is COc1cccc(C(=O)Nc2cc(C(C)C)c(OC)cc2C)c1. The number of amides is 1. The third-order valence-electron chi connectivity index (χ3n) is 3.78. The summed E-state index contributed by atoms with van der Waals surface area (Å²) in [5.74, 6) is 1.65. The molecule has 0 fully saturated rings. The lowest BCUT2D eigenvalue weighted by Crippen LogP contribution is -2.13. The van der Waals surface area contributed by atoms with Crippen LogP contribution in [0.25, 0.3) is 0 Å². The standard InChI is InChI=1S/C19H23NO3/c1-12(2)16-11-17(13(3)9-18(16)23-5)20-19(21)14-7-6-8-15(10-14)22-4/h6-12H,1-5H3,(H,20,21). The van der Waals surface area contributed by atoms with Gasteiger partial charge in [0.15, 0.2) is 0 Å². The fourth-order valence-electron chi connectivity index (χ4n) is 2.42. The normalized spacial score (nSPS) is 10.5. The van der Waals surface area contributed by atoms with Crippen LogP contribution in [0.4, 0.5) is 5.69 Å². The lowest BCUT2D eigenvalue weighted by atomic mass is 9.99. The zero-order valence-corrected chi connectivity index (χ0v) is 14.3. The molecule has 2 aromatic carbocycles. The van der Waals surface area contributed by atoms with E-state index in [1.165, 1.54) is 0 Å². The van der Waals surface area contributed by atoms with Crippen LogP contribution in [-0.2, 0) is 0 Å². The first kappa shape index (κ1) is 16.9. The number of carbonyl (C=O) groups excluding carboxylic acids is 1. The molecule has 0 saturated carbocycles. The van der Waals surface area contributed by atoms with Gasteiger partial charge >= 0.3 is 0 Å². The molecule has 0 aliphatic carbocycles. The van der Waals surface area contributed by atoms with Crippen molar-refractivity contribution in [2.45, 2.75) is 26.7 Å². The maximum absolute atomic E-state index is 12.5. The molecule has 0 aromatic heterocycles. The minimum absolute atomic E-state index is 0.160. The molecule has 0 aliphatic rings. The number of hydrogen-bond donors (Lipinski definition) is 1. The maximum atomic E-state index is 12.5. The number of anilines is 1. The highest BCUT2D eigenvalue weighted by atomic mass is 16.5. The highest BCUT2D eigenvalue weighted by Crippen LogP contribution is 2.32. The Bertz CT molecular complexity index is 708. The van der Waals surface area contributed by atoms with Gasteiger partial charge in [-0.1, -0.05) is 19.9 Å². The minimum Gasteiger partial charge on any atom is -0.497 e. The first-order valence-corrected chi connectivity index (χ1v) is 7.60. The zero-order valence-electron chi connectivity index (χ0n) is 14.3. The first-order chi connectivity index (χ1) is 11.0. The molecule has 1 amide bonds. The Balaban J connectivity index is 2.31. The van der Waals surface area contributed by atoms with Crippen molar-refractivity contribution < 1.29 is 14.3 Å². The van der Waals surface area contributed by atoms with Crippen LogP contribution in [-0.4, -0.2) is 20.1 Å². The van der Waals surface area contributed by atoms with E-state index in [0.717, 1.165) is 22.6 Å². The Labute approximate surface area is 137 Å². The summed E-state index contributed by atoms with van der Waals surface area (Å²) in [6.45, 7) is 6.15. The number of rotatable bonds is 5. The molecule has 2 rings (SSSR count). The molecular formula is C19H23NO3. The third-order valence-corrected chi connectivity index (χ3v) is 3.78. The lowest BCUT2D eigenvalue weighted by Gasteiger charge is -2.17. The summed E-state index contributed by atoms with van der Waals surface area (Å²) in [5.41, 5.74) is 3.38. The number of nitrogens with one attached hydrogen (secondary N) is 1. The Hall–Kier alpha value is -2.49. The van der Waals surface area contributed by atoms with Crippen LogP contribution < -0.4 is 14.8 Å². The summed E-state index contributed by atoms with van der Waals surface area (Å²) in [7, 11) is 3.24. The van der Waals surface area contributed by atoms with Gasteiger partial charge in [-0.2, -0.15) is 0 Å². The molecule has 0 saturated heterocycles. The van der Waals surface area contributed by atoms with Gasteiger partial charge in [-0.3, -0.25) is 4.79 Å². The van der Waals surface area contributed by atoms with E-state index in [2.05, 4.69) is 19.2 Å². The van der Waals surface area contributed by atoms with Crippen molar-refractivity contribution in [1.82, 2.24) is 0 Å². The topological polar surface area (TPSA) is 47.6 Å². The van der Waals surface area contributed by atoms with Crippen LogP contribution in [0.15, 0.2) is 36.4 Å². The number of carbonyl (C=O) groups is 1. The van der Waals surface area contributed by atoms with Gasteiger partial charge in [-0.05, 0) is 54.3 Å². The van der Waals surface area contributed by atoms with Gasteiger partial charge < -0.3 is 14.8 Å². The Kier molecular flexibility index (Phi) is 5.27. The van der Waals surface area contributed by atoms with Gasteiger partial charge in [0.05, 0.1) is 14.2 Å². The molecule has 0 atom stereocenters. The fourth-order valence-corrected chi connectivity index (χ4v) is 2.42. The van der Waals surface area contributed by atoms with E-state index >= 15 is 0 Å². The number of hydrogen-bond acceptors (Lipinski definition) is 3. The molecule has 0 bridgehead atoms. The molecule has 0 heterocycles.